The molecule has 3 heterocycles. The lowest BCUT2D eigenvalue weighted by Crippen LogP contribution is -2.38. The molecule has 7 nitrogen and oxygen atoms in total. The van der Waals surface area contributed by atoms with E-state index in [0.29, 0.717) is 30.4 Å². The third-order valence-corrected chi connectivity index (χ3v) is 4.54. The zero-order valence-electron chi connectivity index (χ0n) is 13.5. The quantitative estimate of drug-likeness (QED) is 0.770. The van der Waals surface area contributed by atoms with Crippen molar-refractivity contribution < 1.29 is 5.11 Å². The lowest BCUT2D eigenvalue weighted by atomic mass is 10.0. The third kappa shape index (κ3) is 3.47. The Balaban J connectivity index is 1.54. The van der Waals surface area contributed by atoms with E-state index < -0.39 is 5.60 Å². The molecule has 1 atom stereocenters. The van der Waals surface area contributed by atoms with Crippen LogP contribution in [0.25, 0.3) is 11.4 Å². The predicted molar refractivity (Wildman–Crippen MR) is 94.3 cm³/mol. The van der Waals surface area contributed by atoms with Crippen LogP contribution in [-0.2, 0) is 6.54 Å². The summed E-state index contributed by atoms with van der Waals surface area (Å²) in [6.45, 7) is 1.62. The first-order valence-corrected chi connectivity index (χ1v) is 8.40. The Hall–Kier alpha value is -2.51. The molecule has 1 fully saturated rings. The second-order valence-corrected chi connectivity index (χ2v) is 6.68. The van der Waals surface area contributed by atoms with Gasteiger partial charge < -0.3 is 10.0 Å². The van der Waals surface area contributed by atoms with Gasteiger partial charge in [0.1, 0.15) is 11.4 Å². The number of aromatic nitrogens is 5. The van der Waals surface area contributed by atoms with E-state index in [2.05, 4.69) is 25.2 Å². The van der Waals surface area contributed by atoms with Crippen LogP contribution >= 0.6 is 11.6 Å². The van der Waals surface area contributed by atoms with Crippen LogP contribution in [0.15, 0.2) is 48.9 Å². The van der Waals surface area contributed by atoms with Crippen LogP contribution in [0.2, 0.25) is 5.02 Å². The van der Waals surface area contributed by atoms with Crippen molar-refractivity contribution in [2.75, 3.05) is 18.0 Å². The summed E-state index contributed by atoms with van der Waals surface area (Å²) in [7, 11) is 0. The van der Waals surface area contributed by atoms with E-state index in [1.807, 2.05) is 30.3 Å². The molecule has 0 bridgehead atoms. The van der Waals surface area contributed by atoms with Gasteiger partial charge >= 0.3 is 0 Å². The van der Waals surface area contributed by atoms with Gasteiger partial charge in [-0.3, -0.25) is 0 Å². The zero-order chi connectivity index (χ0) is 17.3. The molecule has 8 heteroatoms. The minimum atomic E-state index is -0.852. The molecule has 1 N–H and O–H groups in total. The Morgan fingerprint density at radius 2 is 2.16 bits per heavy atom. The topological polar surface area (TPSA) is 80.0 Å². The van der Waals surface area contributed by atoms with Crippen molar-refractivity contribution >= 4 is 17.4 Å². The van der Waals surface area contributed by atoms with E-state index in [9.17, 15) is 5.11 Å². The van der Waals surface area contributed by atoms with Crippen LogP contribution in [0.1, 0.15) is 6.42 Å². The summed E-state index contributed by atoms with van der Waals surface area (Å²) < 4.78 is 1.65. The average Bonchev–Trinajstić information content (AvgIpc) is 3.25. The van der Waals surface area contributed by atoms with Crippen LogP contribution < -0.4 is 4.90 Å². The molecule has 1 aliphatic heterocycles. The largest absolute Gasteiger partial charge is 0.386 e. The smallest absolute Gasteiger partial charge is 0.161 e. The third-order valence-electron chi connectivity index (χ3n) is 4.31. The fraction of sp³-hybridized carbons (Fsp3) is 0.294. The van der Waals surface area contributed by atoms with Crippen molar-refractivity contribution in [1.82, 2.24) is 25.0 Å². The van der Waals surface area contributed by atoms with Crippen molar-refractivity contribution in [2.24, 2.45) is 0 Å². The Labute approximate surface area is 149 Å². The number of halogens is 1. The number of benzene rings is 1. The van der Waals surface area contributed by atoms with Gasteiger partial charge in [-0.1, -0.05) is 28.9 Å². The molecule has 2 aromatic heterocycles. The molecule has 0 aliphatic carbocycles. The maximum Gasteiger partial charge on any atom is 0.161 e. The van der Waals surface area contributed by atoms with Crippen molar-refractivity contribution in [3.63, 3.8) is 0 Å². The number of aliphatic hydroxyl groups is 1. The first kappa shape index (κ1) is 16.0. The lowest BCUT2D eigenvalue weighted by molar-refractivity contribution is 0.0408. The van der Waals surface area contributed by atoms with Crippen LogP contribution in [0, 0.1) is 0 Å². The van der Waals surface area contributed by atoms with E-state index in [4.69, 9.17) is 11.6 Å². The Morgan fingerprint density at radius 1 is 1.24 bits per heavy atom. The number of rotatable bonds is 4. The Kier molecular flexibility index (Phi) is 4.10. The van der Waals surface area contributed by atoms with Crippen molar-refractivity contribution in [1.29, 1.82) is 0 Å². The molecule has 1 saturated heterocycles. The first-order valence-electron chi connectivity index (χ1n) is 8.02. The molecule has 0 saturated carbocycles. The normalized spacial score (nSPS) is 20.2. The summed E-state index contributed by atoms with van der Waals surface area (Å²) in [6, 6.07) is 9.32. The maximum atomic E-state index is 10.8. The molecule has 0 spiro atoms. The second-order valence-electron chi connectivity index (χ2n) is 6.25. The fourth-order valence-electron chi connectivity index (χ4n) is 3.09. The molecule has 0 radical (unpaired) electrons. The van der Waals surface area contributed by atoms with Gasteiger partial charge in [-0.2, -0.15) is 0 Å². The van der Waals surface area contributed by atoms with Gasteiger partial charge in [0, 0.05) is 36.1 Å². The number of hydrogen-bond acceptors (Lipinski definition) is 6. The van der Waals surface area contributed by atoms with Crippen LogP contribution in [-0.4, -0.2) is 48.8 Å². The van der Waals surface area contributed by atoms with Gasteiger partial charge in [0.2, 0.25) is 0 Å². The highest BCUT2D eigenvalue weighted by Crippen LogP contribution is 2.28. The van der Waals surface area contributed by atoms with E-state index in [1.54, 1.807) is 23.3 Å². The van der Waals surface area contributed by atoms with Gasteiger partial charge in [-0.25, -0.2) is 14.6 Å². The van der Waals surface area contributed by atoms with Gasteiger partial charge in [-0.05, 0) is 24.6 Å². The first-order chi connectivity index (χ1) is 12.1. The van der Waals surface area contributed by atoms with Gasteiger partial charge in [0.25, 0.3) is 0 Å². The highest BCUT2D eigenvalue weighted by Gasteiger charge is 2.37. The molecule has 0 amide bonds. The lowest BCUT2D eigenvalue weighted by Gasteiger charge is -2.23. The summed E-state index contributed by atoms with van der Waals surface area (Å²) in [5.41, 5.74) is 0.0147. The summed E-state index contributed by atoms with van der Waals surface area (Å²) in [4.78, 5) is 11.0. The van der Waals surface area contributed by atoms with E-state index in [0.717, 1.165) is 17.9 Å². The van der Waals surface area contributed by atoms with Gasteiger partial charge in [0.15, 0.2) is 5.82 Å². The fourth-order valence-corrected chi connectivity index (χ4v) is 3.28. The number of anilines is 1. The Morgan fingerprint density at radius 3 is 2.96 bits per heavy atom. The predicted octanol–water partition coefficient (Wildman–Crippen LogP) is 2.03. The zero-order valence-corrected chi connectivity index (χ0v) is 14.2. The summed E-state index contributed by atoms with van der Waals surface area (Å²) in [5.74, 6) is 1.41. The van der Waals surface area contributed by atoms with Gasteiger partial charge in [0.05, 0.1) is 12.7 Å². The molecule has 1 aliphatic rings. The maximum absolute atomic E-state index is 10.8. The molecule has 4 rings (SSSR count). The van der Waals surface area contributed by atoms with Crippen LogP contribution in [0.4, 0.5) is 5.82 Å². The highest BCUT2D eigenvalue weighted by molar-refractivity contribution is 6.30. The summed E-state index contributed by atoms with van der Waals surface area (Å²) in [5, 5.41) is 19.2. The molecule has 1 unspecified atom stereocenters. The molecular weight excluding hydrogens is 340 g/mol. The van der Waals surface area contributed by atoms with Crippen LogP contribution in [0.3, 0.4) is 0 Å². The van der Waals surface area contributed by atoms with Crippen molar-refractivity contribution in [2.45, 2.75) is 18.6 Å². The molecule has 25 heavy (non-hydrogen) atoms. The standard InChI is InChI=1S/C17H17ClN6O/c18-14-3-1-2-13(10-14)16-19-6-4-15(21-16)23-8-5-17(25,11-23)12-24-9-7-20-22-24/h1-4,6-7,9-10,25H,5,8,11-12H2. The molecule has 3 aromatic rings. The number of hydrogen-bond donors (Lipinski definition) is 1. The monoisotopic (exact) mass is 356 g/mol. The highest BCUT2D eigenvalue weighted by atomic mass is 35.5. The Bertz CT molecular complexity index is 871. The minimum absolute atomic E-state index is 0.412. The minimum Gasteiger partial charge on any atom is -0.386 e. The average molecular weight is 357 g/mol. The molecular formula is C17H17ClN6O. The SMILES string of the molecule is OC1(Cn2ccnn2)CCN(c2ccnc(-c3cccc(Cl)c3)n2)C1. The molecule has 1 aromatic carbocycles. The van der Waals surface area contributed by atoms with Crippen molar-refractivity contribution in [3.05, 3.63) is 53.9 Å². The number of nitrogens with zero attached hydrogens (tertiary/aromatic N) is 6. The van der Waals surface area contributed by atoms with E-state index in [-0.39, 0.29) is 0 Å². The number of β-amino-alcohol motifs (C(OH)–C–C–N with tert-alkyl or cyclic N) is 1. The van der Waals surface area contributed by atoms with Gasteiger partial charge in [-0.15, -0.1) is 5.10 Å². The van der Waals surface area contributed by atoms with E-state index in [1.165, 1.54) is 0 Å². The van der Waals surface area contributed by atoms with E-state index >= 15 is 0 Å². The van der Waals surface area contributed by atoms with Crippen molar-refractivity contribution in [3.8, 4) is 11.4 Å². The summed E-state index contributed by atoms with van der Waals surface area (Å²) >= 11 is 6.05. The second kappa shape index (κ2) is 6.42. The molecule has 128 valence electrons. The summed E-state index contributed by atoms with van der Waals surface area (Å²) in [6.07, 6.45) is 5.73. The van der Waals surface area contributed by atoms with Crippen LogP contribution in [0.5, 0.6) is 0 Å².